The first-order chi connectivity index (χ1) is 9.65. The molecule has 0 bridgehead atoms. The Bertz CT molecular complexity index is 633. The molecule has 0 aromatic heterocycles. The third-order valence-electron chi connectivity index (χ3n) is 3.99. The fourth-order valence-corrected chi connectivity index (χ4v) is 2.73. The zero-order valence-corrected chi connectivity index (χ0v) is 11.9. The van der Waals surface area contributed by atoms with Gasteiger partial charge in [-0.2, -0.15) is 0 Å². The fourth-order valence-electron chi connectivity index (χ4n) is 2.73. The summed E-state index contributed by atoms with van der Waals surface area (Å²) >= 11 is 0. The summed E-state index contributed by atoms with van der Waals surface area (Å²) in [6.45, 7) is 4.09. The number of carbonyl (C=O) groups is 1. The molecular formula is C18H19NO. The van der Waals surface area contributed by atoms with Crippen LogP contribution in [0.25, 0.3) is 0 Å². The second-order valence-electron chi connectivity index (χ2n) is 5.67. The number of hydrogen-bond donors (Lipinski definition) is 1. The maximum absolute atomic E-state index is 12.3. The van der Waals surface area contributed by atoms with E-state index in [-0.39, 0.29) is 11.8 Å². The molecule has 1 amide bonds. The molecule has 0 heterocycles. The van der Waals surface area contributed by atoms with Crippen LogP contribution in [0.15, 0.2) is 48.5 Å². The largest absolute Gasteiger partial charge is 0.326 e. The molecule has 0 unspecified atom stereocenters. The Morgan fingerprint density at radius 2 is 1.85 bits per heavy atom. The molecule has 102 valence electrons. The van der Waals surface area contributed by atoms with E-state index in [0.717, 1.165) is 17.7 Å². The zero-order chi connectivity index (χ0) is 14.1. The number of carbonyl (C=O) groups excluding carboxylic acids is 1. The molecule has 2 aromatic carbocycles. The molecule has 1 N–H and O–H groups in total. The van der Waals surface area contributed by atoms with Crippen molar-refractivity contribution in [2.24, 2.45) is 5.92 Å². The highest BCUT2D eigenvalue weighted by atomic mass is 16.2. The van der Waals surface area contributed by atoms with Crippen molar-refractivity contribution in [1.29, 1.82) is 0 Å². The van der Waals surface area contributed by atoms with Crippen LogP contribution in [-0.2, 0) is 4.79 Å². The van der Waals surface area contributed by atoms with E-state index in [1.807, 2.05) is 37.3 Å². The lowest BCUT2D eigenvalue weighted by molar-refractivity contribution is -0.117. The Morgan fingerprint density at radius 1 is 1.10 bits per heavy atom. The minimum absolute atomic E-state index is 0.123. The first-order valence-corrected chi connectivity index (χ1v) is 7.08. The molecule has 2 nitrogen and oxygen atoms in total. The molecule has 2 atom stereocenters. The van der Waals surface area contributed by atoms with E-state index in [4.69, 9.17) is 0 Å². The Labute approximate surface area is 119 Å². The first-order valence-electron chi connectivity index (χ1n) is 7.08. The average Bonchev–Trinajstić information content (AvgIpc) is 3.23. The van der Waals surface area contributed by atoms with Gasteiger partial charge in [-0.05, 0) is 43.4 Å². The Balaban J connectivity index is 1.67. The number of nitrogens with one attached hydrogen (secondary N) is 1. The SMILES string of the molecule is Cc1ccc(NC(=O)[C@@H]2C[C@H]2c2ccccc2)c(C)c1. The molecule has 20 heavy (non-hydrogen) atoms. The van der Waals surface area contributed by atoms with Crippen LogP contribution in [0.2, 0.25) is 0 Å². The van der Waals surface area contributed by atoms with Crippen LogP contribution in [0.5, 0.6) is 0 Å². The van der Waals surface area contributed by atoms with Gasteiger partial charge in [0.1, 0.15) is 0 Å². The third-order valence-corrected chi connectivity index (χ3v) is 3.99. The van der Waals surface area contributed by atoms with Crippen molar-refractivity contribution in [2.45, 2.75) is 26.2 Å². The van der Waals surface area contributed by atoms with E-state index < -0.39 is 0 Å². The number of anilines is 1. The minimum atomic E-state index is 0.123. The highest BCUT2D eigenvalue weighted by Crippen LogP contribution is 2.47. The molecule has 1 aliphatic rings. The molecule has 2 heteroatoms. The highest BCUT2D eigenvalue weighted by molar-refractivity contribution is 5.95. The maximum atomic E-state index is 12.3. The van der Waals surface area contributed by atoms with Gasteiger partial charge in [-0.25, -0.2) is 0 Å². The molecule has 0 aliphatic heterocycles. The maximum Gasteiger partial charge on any atom is 0.228 e. The lowest BCUT2D eigenvalue weighted by atomic mass is 10.1. The van der Waals surface area contributed by atoms with Gasteiger partial charge in [-0.1, -0.05) is 48.0 Å². The summed E-state index contributed by atoms with van der Waals surface area (Å²) < 4.78 is 0. The summed E-state index contributed by atoms with van der Waals surface area (Å²) in [6, 6.07) is 16.4. The minimum Gasteiger partial charge on any atom is -0.326 e. The lowest BCUT2D eigenvalue weighted by Gasteiger charge is -2.09. The van der Waals surface area contributed by atoms with Crippen LogP contribution >= 0.6 is 0 Å². The van der Waals surface area contributed by atoms with Crippen LogP contribution < -0.4 is 5.32 Å². The Hall–Kier alpha value is -2.09. The van der Waals surface area contributed by atoms with Crippen LogP contribution in [0, 0.1) is 19.8 Å². The summed E-state index contributed by atoms with van der Waals surface area (Å²) in [7, 11) is 0. The zero-order valence-electron chi connectivity index (χ0n) is 11.9. The van der Waals surface area contributed by atoms with Gasteiger partial charge in [0.15, 0.2) is 0 Å². The van der Waals surface area contributed by atoms with Crippen molar-refractivity contribution in [3.8, 4) is 0 Å². The van der Waals surface area contributed by atoms with E-state index in [2.05, 4.69) is 30.4 Å². The van der Waals surface area contributed by atoms with Crippen molar-refractivity contribution in [1.82, 2.24) is 0 Å². The van der Waals surface area contributed by atoms with Gasteiger partial charge in [0.25, 0.3) is 0 Å². The van der Waals surface area contributed by atoms with E-state index in [9.17, 15) is 4.79 Å². The van der Waals surface area contributed by atoms with Crippen molar-refractivity contribution < 1.29 is 4.79 Å². The van der Waals surface area contributed by atoms with Gasteiger partial charge in [0, 0.05) is 11.6 Å². The summed E-state index contributed by atoms with van der Waals surface area (Å²) in [6.07, 6.45) is 0.959. The smallest absolute Gasteiger partial charge is 0.228 e. The van der Waals surface area contributed by atoms with Gasteiger partial charge in [0.2, 0.25) is 5.91 Å². The molecule has 3 rings (SSSR count). The molecule has 1 aliphatic carbocycles. The van der Waals surface area contributed by atoms with Gasteiger partial charge >= 0.3 is 0 Å². The average molecular weight is 265 g/mol. The topological polar surface area (TPSA) is 29.1 Å². The first kappa shape index (κ1) is 12.9. The van der Waals surface area contributed by atoms with Crippen LogP contribution in [0.1, 0.15) is 29.0 Å². The van der Waals surface area contributed by atoms with Gasteiger partial charge in [0.05, 0.1) is 0 Å². The monoisotopic (exact) mass is 265 g/mol. The van der Waals surface area contributed by atoms with E-state index in [1.165, 1.54) is 11.1 Å². The summed E-state index contributed by atoms with van der Waals surface area (Å²) in [5.41, 5.74) is 4.54. The standard InChI is InChI=1S/C18H19NO/c1-12-8-9-17(13(2)10-12)19-18(20)16-11-15(16)14-6-4-3-5-7-14/h3-10,15-16H,11H2,1-2H3,(H,19,20)/t15-,16+/m0/s1. The molecular weight excluding hydrogens is 246 g/mol. The quantitative estimate of drug-likeness (QED) is 0.891. The predicted octanol–water partition coefficient (Wildman–Crippen LogP) is 4.05. The van der Waals surface area contributed by atoms with Crippen molar-refractivity contribution in [3.05, 3.63) is 65.2 Å². The summed E-state index contributed by atoms with van der Waals surface area (Å²) in [4.78, 5) is 12.3. The fraction of sp³-hybridized carbons (Fsp3) is 0.278. The predicted molar refractivity (Wildman–Crippen MR) is 81.8 cm³/mol. The Morgan fingerprint density at radius 3 is 2.55 bits per heavy atom. The molecule has 1 saturated carbocycles. The van der Waals surface area contributed by atoms with Crippen LogP contribution in [0.3, 0.4) is 0 Å². The van der Waals surface area contributed by atoms with Gasteiger partial charge < -0.3 is 5.32 Å². The van der Waals surface area contributed by atoms with Crippen LogP contribution in [-0.4, -0.2) is 5.91 Å². The van der Waals surface area contributed by atoms with E-state index in [0.29, 0.717) is 5.92 Å². The van der Waals surface area contributed by atoms with Crippen molar-refractivity contribution in [3.63, 3.8) is 0 Å². The summed E-state index contributed by atoms with van der Waals surface area (Å²) in [5.74, 6) is 0.658. The van der Waals surface area contributed by atoms with Crippen molar-refractivity contribution in [2.75, 3.05) is 5.32 Å². The van der Waals surface area contributed by atoms with Crippen LogP contribution in [0.4, 0.5) is 5.69 Å². The third kappa shape index (κ3) is 2.60. The highest BCUT2D eigenvalue weighted by Gasteiger charge is 2.43. The molecule has 0 spiro atoms. The number of benzene rings is 2. The number of hydrogen-bond acceptors (Lipinski definition) is 1. The molecule has 1 fully saturated rings. The molecule has 2 aromatic rings. The number of aryl methyl sites for hydroxylation is 2. The van der Waals surface area contributed by atoms with E-state index >= 15 is 0 Å². The summed E-state index contributed by atoms with van der Waals surface area (Å²) in [5, 5.41) is 3.06. The van der Waals surface area contributed by atoms with Gasteiger partial charge in [-0.3, -0.25) is 4.79 Å². The number of rotatable bonds is 3. The molecule has 0 saturated heterocycles. The second kappa shape index (κ2) is 5.12. The Kier molecular flexibility index (Phi) is 3.31. The molecule has 0 radical (unpaired) electrons. The second-order valence-corrected chi connectivity index (χ2v) is 5.67. The van der Waals surface area contributed by atoms with E-state index in [1.54, 1.807) is 0 Å². The van der Waals surface area contributed by atoms with Crippen molar-refractivity contribution >= 4 is 11.6 Å². The van der Waals surface area contributed by atoms with Gasteiger partial charge in [-0.15, -0.1) is 0 Å². The number of amides is 1. The normalized spacial score (nSPS) is 20.5. The lowest BCUT2D eigenvalue weighted by Crippen LogP contribution is -2.15.